The summed E-state index contributed by atoms with van der Waals surface area (Å²) in [5.41, 5.74) is 1.72. The van der Waals surface area contributed by atoms with Crippen LogP contribution in [0.5, 0.6) is 0 Å². The van der Waals surface area contributed by atoms with Gasteiger partial charge in [0.2, 0.25) is 0 Å². The maximum absolute atomic E-state index is 13.9. The Balaban J connectivity index is 1.64. The molecule has 0 saturated heterocycles. The van der Waals surface area contributed by atoms with Crippen molar-refractivity contribution < 1.29 is 27.5 Å². The number of carbonyl (C=O) groups is 2. The Bertz CT molecular complexity index is 1590. The molecule has 242 valence electrons. The number of nitrogens with zero attached hydrogens (tertiary/aromatic N) is 5. The quantitative estimate of drug-likeness (QED) is 0.205. The van der Waals surface area contributed by atoms with Crippen LogP contribution in [0.15, 0.2) is 73.4 Å². The Kier molecular flexibility index (Phi) is 10.5. The number of halogens is 3. The molecule has 0 fully saturated rings. The second-order valence-electron chi connectivity index (χ2n) is 11.8. The number of anilines is 1. The van der Waals surface area contributed by atoms with Gasteiger partial charge < -0.3 is 15.0 Å². The van der Waals surface area contributed by atoms with Gasteiger partial charge in [0.05, 0.1) is 54.0 Å². The summed E-state index contributed by atoms with van der Waals surface area (Å²) in [6.07, 6.45) is 12.0. The molecule has 0 aliphatic heterocycles. The molecule has 2 atom stereocenters. The highest BCUT2D eigenvalue weighted by atomic mass is 32.3. The van der Waals surface area contributed by atoms with Gasteiger partial charge in [-0.25, -0.2) is 14.7 Å². The highest BCUT2D eigenvalue weighted by molar-refractivity contribution is 8.32. The van der Waals surface area contributed by atoms with Crippen molar-refractivity contribution in [2.45, 2.75) is 45.3 Å². The second-order valence-corrected chi connectivity index (χ2v) is 16.4. The van der Waals surface area contributed by atoms with Crippen molar-refractivity contribution in [3.8, 4) is 0 Å². The van der Waals surface area contributed by atoms with Crippen molar-refractivity contribution >= 4 is 38.4 Å². The number of carbonyl (C=O) groups excluding carboxylic acids is 2. The largest absolute Gasteiger partial charge is 0.417 e. The molecule has 1 aliphatic rings. The lowest BCUT2D eigenvalue weighted by Gasteiger charge is -2.37. The summed E-state index contributed by atoms with van der Waals surface area (Å²) in [7, 11) is -0.738. The summed E-state index contributed by atoms with van der Waals surface area (Å²) in [6.45, 7) is 10.4. The fourth-order valence-electron chi connectivity index (χ4n) is 5.27. The molecule has 1 aliphatic carbocycles. The minimum absolute atomic E-state index is 0.143. The maximum atomic E-state index is 13.9. The molecule has 3 aromatic rings. The first-order valence-electron chi connectivity index (χ1n) is 14.4. The van der Waals surface area contributed by atoms with E-state index in [4.69, 9.17) is 4.74 Å². The van der Waals surface area contributed by atoms with Crippen LogP contribution >= 0.6 is 10.0 Å². The Labute approximate surface area is 262 Å². The lowest BCUT2D eigenvalue weighted by Crippen LogP contribution is -2.47. The van der Waals surface area contributed by atoms with Gasteiger partial charge in [-0.2, -0.15) is 18.3 Å². The number of nitrogens with one attached hydrogen (secondary N) is 1. The number of hydrogen-bond donors (Lipinski definition) is 1. The first-order valence-corrected chi connectivity index (χ1v) is 17.4. The van der Waals surface area contributed by atoms with Gasteiger partial charge in [-0.05, 0) is 60.8 Å². The highest BCUT2D eigenvalue weighted by Gasteiger charge is 2.36. The first kappa shape index (κ1) is 33.9. The molecule has 3 aromatic heterocycles. The van der Waals surface area contributed by atoms with E-state index in [0.717, 1.165) is 29.2 Å². The Morgan fingerprint density at radius 2 is 1.84 bits per heavy atom. The molecule has 9 nitrogen and oxygen atoms in total. The standard InChI is InChI=1S/C32H39F3N6O3S/c1-7-25-21(3)9-12-28(26(25)8-2)40(19-24-11-10-23(17-37-24)32(33,34)35)31(43)30(42)39-27-18-36-15-22-16-38-41(29(22)27)20-44-13-14-45(4,5)6/h7-8,10-11,15-18,21,28H,1-2,9,12-14,19-20H2,3-6H3,(H,39,42). The van der Waals surface area contributed by atoms with Crippen LogP contribution in [0.4, 0.5) is 18.9 Å². The van der Waals surface area contributed by atoms with Crippen molar-refractivity contribution in [2.75, 3.05) is 36.4 Å². The number of allylic oxidation sites excluding steroid dienone is 2. The number of rotatable bonds is 11. The molecule has 45 heavy (non-hydrogen) atoms. The molecule has 4 rings (SSSR count). The van der Waals surface area contributed by atoms with Gasteiger partial charge >= 0.3 is 18.0 Å². The van der Waals surface area contributed by atoms with Crippen LogP contribution in [-0.4, -0.2) is 73.6 Å². The van der Waals surface area contributed by atoms with Gasteiger partial charge in [-0.3, -0.25) is 19.6 Å². The SMILES string of the molecule is C=CC1=C(C=C)C(N(Cc2ccc(C(F)(F)F)cn2)C(=O)C(=O)Nc2cncc3cnn(COCCS(C)(C)C)c23)CCC1C. The van der Waals surface area contributed by atoms with Crippen LogP contribution in [0.3, 0.4) is 0 Å². The topological polar surface area (TPSA) is 102 Å². The molecule has 0 radical (unpaired) electrons. The number of alkyl halides is 3. The van der Waals surface area contributed by atoms with Crippen LogP contribution in [0.2, 0.25) is 0 Å². The lowest BCUT2D eigenvalue weighted by molar-refractivity contribution is -0.145. The Morgan fingerprint density at radius 3 is 2.47 bits per heavy atom. The van der Waals surface area contributed by atoms with E-state index in [0.29, 0.717) is 30.4 Å². The summed E-state index contributed by atoms with van der Waals surface area (Å²) >= 11 is 0. The summed E-state index contributed by atoms with van der Waals surface area (Å²) in [6, 6.07) is 1.54. The van der Waals surface area contributed by atoms with Crippen molar-refractivity contribution in [2.24, 2.45) is 5.92 Å². The van der Waals surface area contributed by atoms with Gasteiger partial charge in [0.15, 0.2) is 0 Å². The zero-order valence-electron chi connectivity index (χ0n) is 25.9. The number of fused-ring (bicyclic) bond motifs is 1. The van der Waals surface area contributed by atoms with Gasteiger partial charge in [-0.1, -0.05) is 32.2 Å². The van der Waals surface area contributed by atoms with Crippen molar-refractivity contribution in [3.63, 3.8) is 0 Å². The van der Waals surface area contributed by atoms with Gasteiger partial charge in [-0.15, -0.1) is 0 Å². The molecular weight excluding hydrogens is 605 g/mol. The Hall–Kier alpha value is -3.97. The molecule has 0 aromatic carbocycles. The molecule has 2 amide bonds. The third kappa shape index (κ3) is 8.20. The van der Waals surface area contributed by atoms with Gasteiger partial charge in [0.25, 0.3) is 0 Å². The van der Waals surface area contributed by atoms with Crippen LogP contribution in [0.25, 0.3) is 10.9 Å². The monoisotopic (exact) mass is 644 g/mol. The van der Waals surface area contributed by atoms with Crippen LogP contribution in [0.1, 0.15) is 31.0 Å². The number of pyridine rings is 2. The minimum Gasteiger partial charge on any atom is -0.358 e. The minimum atomic E-state index is -4.56. The van der Waals surface area contributed by atoms with Crippen molar-refractivity contribution in [1.29, 1.82) is 0 Å². The van der Waals surface area contributed by atoms with E-state index in [1.54, 1.807) is 29.2 Å². The third-order valence-corrected chi connectivity index (χ3v) is 9.09. The van der Waals surface area contributed by atoms with E-state index < -0.39 is 39.6 Å². The highest BCUT2D eigenvalue weighted by Crippen LogP contribution is 2.36. The zero-order valence-corrected chi connectivity index (χ0v) is 26.7. The van der Waals surface area contributed by atoms with Gasteiger partial charge in [0.1, 0.15) is 6.73 Å². The van der Waals surface area contributed by atoms with Crippen molar-refractivity contribution in [3.05, 3.63) is 84.6 Å². The summed E-state index contributed by atoms with van der Waals surface area (Å²) in [5.74, 6) is -0.753. The lowest BCUT2D eigenvalue weighted by atomic mass is 9.80. The molecule has 13 heteroatoms. The summed E-state index contributed by atoms with van der Waals surface area (Å²) in [4.78, 5) is 37.0. The first-order chi connectivity index (χ1) is 21.2. The van der Waals surface area contributed by atoms with Crippen LogP contribution in [0, 0.1) is 5.92 Å². The number of ether oxygens (including phenoxy) is 1. The summed E-state index contributed by atoms with van der Waals surface area (Å²) < 4.78 is 47.0. The average Bonchev–Trinajstić information content (AvgIpc) is 3.41. The van der Waals surface area contributed by atoms with E-state index in [9.17, 15) is 22.8 Å². The molecule has 0 saturated carbocycles. The average molecular weight is 645 g/mol. The smallest absolute Gasteiger partial charge is 0.358 e. The summed E-state index contributed by atoms with van der Waals surface area (Å²) in [5, 5.41) is 7.71. The maximum Gasteiger partial charge on any atom is 0.417 e. The number of aromatic nitrogens is 4. The normalized spacial score (nSPS) is 17.7. The number of hydrogen-bond acceptors (Lipinski definition) is 6. The van der Waals surface area contributed by atoms with Crippen LogP contribution in [-0.2, 0) is 33.8 Å². The molecule has 2 unspecified atom stereocenters. The third-order valence-electron chi connectivity index (χ3n) is 7.69. The predicted molar refractivity (Wildman–Crippen MR) is 172 cm³/mol. The van der Waals surface area contributed by atoms with E-state index >= 15 is 0 Å². The Morgan fingerprint density at radius 1 is 1.11 bits per heavy atom. The van der Waals surface area contributed by atoms with E-state index in [2.05, 4.69) is 52.3 Å². The van der Waals surface area contributed by atoms with Gasteiger partial charge in [0, 0.05) is 23.5 Å². The number of amides is 2. The molecule has 0 bridgehead atoms. The molecular formula is C32H39F3N6O3S. The fourth-order valence-corrected chi connectivity index (χ4v) is 5.89. The predicted octanol–water partition coefficient (Wildman–Crippen LogP) is 5.95. The van der Waals surface area contributed by atoms with Crippen LogP contribution < -0.4 is 5.32 Å². The molecule has 0 spiro atoms. The van der Waals surface area contributed by atoms with E-state index in [1.165, 1.54) is 17.2 Å². The molecule has 1 N–H and O–H groups in total. The second kappa shape index (κ2) is 14.0. The van der Waals surface area contributed by atoms with Crippen molar-refractivity contribution in [1.82, 2.24) is 24.6 Å². The molecule has 3 heterocycles. The fraction of sp³-hybridized carbons (Fsp3) is 0.406. The van der Waals surface area contributed by atoms with E-state index in [-0.39, 0.29) is 30.6 Å². The zero-order chi connectivity index (χ0) is 32.9. The van der Waals surface area contributed by atoms with E-state index in [1.807, 2.05) is 6.92 Å².